The normalized spacial score (nSPS) is 13.5. The Morgan fingerprint density at radius 3 is 2.50 bits per heavy atom. The van der Waals surface area contributed by atoms with Crippen molar-refractivity contribution in [3.8, 4) is 0 Å². The minimum absolute atomic E-state index is 0.610. The monoisotopic (exact) mass is 252 g/mol. The van der Waals surface area contributed by atoms with Crippen molar-refractivity contribution >= 4 is 0 Å². The van der Waals surface area contributed by atoms with Gasteiger partial charge in [0.2, 0.25) is 0 Å². The summed E-state index contributed by atoms with van der Waals surface area (Å²) in [5.74, 6) is 3.11. The molecule has 0 saturated carbocycles. The molecule has 1 aromatic heterocycles. The van der Waals surface area contributed by atoms with Crippen LogP contribution in [0.2, 0.25) is 0 Å². The Balaban J connectivity index is 2.64. The van der Waals surface area contributed by atoms with Crippen molar-refractivity contribution in [1.82, 2.24) is 20.1 Å². The van der Waals surface area contributed by atoms with E-state index in [4.69, 9.17) is 0 Å². The van der Waals surface area contributed by atoms with Gasteiger partial charge in [0.25, 0.3) is 0 Å². The van der Waals surface area contributed by atoms with Gasteiger partial charge in [-0.25, -0.2) is 9.67 Å². The van der Waals surface area contributed by atoms with E-state index in [1.807, 2.05) is 7.05 Å². The molecule has 0 aliphatic carbocycles. The molecule has 1 rings (SSSR count). The second-order valence-electron chi connectivity index (χ2n) is 6.01. The third-order valence-corrected chi connectivity index (χ3v) is 3.00. The lowest BCUT2D eigenvalue weighted by atomic mass is 9.94. The van der Waals surface area contributed by atoms with Gasteiger partial charge >= 0.3 is 0 Å². The molecule has 0 saturated heterocycles. The number of nitrogens with one attached hydrogen (secondary N) is 1. The van der Waals surface area contributed by atoms with Crippen molar-refractivity contribution in [2.75, 3.05) is 13.6 Å². The van der Waals surface area contributed by atoms with E-state index in [9.17, 15) is 0 Å². The van der Waals surface area contributed by atoms with Crippen molar-refractivity contribution in [1.29, 1.82) is 0 Å². The molecule has 1 atom stereocenters. The first-order chi connectivity index (χ1) is 8.52. The molecule has 0 amide bonds. The van der Waals surface area contributed by atoms with Crippen LogP contribution < -0.4 is 5.32 Å². The van der Waals surface area contributed by atoms with Crippen molar-refractivity contribution in [3.05, 3.63) is 12.2 Å². The van der Waals surface area contributed by atoms with Crippen LogP contribution in [0.1, 0.15) is 39.9 Å². The van der Waals surface area contributed by atoms with Gasteiger partial charge in [-0.2, -0.15) is 5.10 Å². The van der Waals surface area contributed by atoms with Crippen LogP contribution in [-0.2, 0) is 13.0 Å². The summed E-state index contributed by atoms with van der Waals surface area (Å²) in [5, 5.41) is 7.62. The van der Waals surface area contributed by atoms with Gasteiger partial charge in [0, 0.05) is 13.0 Å². The molecule has 1 heterocycles. The van der Waals surface area contributed by atoms with Crippen molar-refractivity contribution in [2.24, 2.45) is 17.8 Å². The SMILES string of the molecule is CNCC(Cc1ncnn1CC(C)C)CC(C)C. The molecule has 0 aliphatic heterocycles. The fourth-order valence-electron chi connectivity index (χ4n) is 2.40. The Hall–Kier alpha value is -0.900. The predicted octanol–water partition coefficient (Wildman–Crippen LogP) is 2.36. The summed E-state index contributed by atoms with van der Waals surface area (Å²) < 4.78 is 2.06. The molecule has 0 aromatic carbocycles. The van der Waals surface area contributed by atoms with Crippen LogP contribution in [0.4, 0.5) is 0 Å². The van der Waals surface area contributed by atoms with Crippen LogP contribution in [0.25, 0.3) is 0 Å². The van der Waals surface area contributed by atoms with Gasteiger partial charge < -0.3 is 5.32 Å². The topological polar surface area (TPSA) is 42.7 Å². The van der Waals surface area contributed by atoms with Crippen LogP contribution in [0, 0.1) is 17.8 Å². The number of hydrogen-bond acceptors (Lipinski definition) is 3. The maximum absolute atomic E-state index is 4.42. The molecule has 104 valence electrons. The molecule has 1 aromatic rings. The number of rotatable bonds is 8. The number of nitrogens with zero attached hydrogens (tertiary/aromatic N) is 3. The largest absolute Gasteiger partial charge is 0.319 e. The van der Waals surface area contributed by atoms with Gasteiger partial charge in [0.05, 0.1) is 0 Å². The van der Waals surface area contributed by atoms with Crippen LogP contribution in [0.3, 0.4) is 0 Å². The first-order valence-electron chi connectivity index (χ1n) is 7.04. The maximum atomic E-state index is 4.42. The Kier molecular flexibility index (Phi) is 6.33. The zero-order valence-electron chi connectivity index (χ0n) is 12.5. The van der Waals surface area contributed by atoms with E-state index in [1.54, 1.807) is 6.33 Å². The summed E-state index contributed by atoms with van der Waals surface area (Å²) >= 11 is 0. The highest BCUT2D eigenvalue weighted by molar-refractivity contribution is 4.88. The van der Waals surface area contributed by atoms with Crippen LogP contribution >= 0.6 is 0 Å². The van der Waals surface area contributed by atoms with Gasteiger partial charge in [-0.3, -0.25) is 0 Å². The second-order valence-corrected chi connectivity index (χ2v) is 6.01. The van der Waals surface area contributed by atoms with Gasteiger partial charge in [-0.1, -0.05) is 27.7 Å². The van der Waals surface area contributed by atoms with E-state index in [1.165, 1.54) is 6.42 Å². The maximum Gasteiger partial charge on any atom is 0.138 e. The molecule has 1 unspecified atom stereocenters. The van der Waals surface area contributed by atoms with E-state index in [0.29, 0.717) is 11.8 Å². The van der Waals surface area contributed by atoms with Crippen LogP contribution in [-0.4, -0.2) is 28.4 Å². The zero-order chi connectivity index (χ0) is 13.5. The summed E-state index contributed by atoms with van der Waals surface area (Å²) in [4.78, 5) is 4.42. The minimum atomic E-state index is 0.610. The average molecular weight is 252 g/mol. The Morgan fingerprint density at radius 1 is 1.22 bits per heavy atom. The highest BCUT2D eigenvalue weighted by atomic mass is 15.3. The van der Waals surface area contributed by atoms with Gasteiger partial charge in [-0.15, -0.1) is 0 Å². The molecule has 0 fully saturated rings. The minimum Gasteiger partial charge on any atom is -0.319 e. The molecule has 0 radical (unpaired) electrons. The molecule has 18 heavy (non-hydrogen) atoms. The molecule has 4 nitrogen and oxygen atoms in total. The van der Waals surface area contributed by atoms with Gasteiger partial charge in [-0.05, 0) is 37.8 Å². The summed E-state index contributed by atoms with van der Waals surface area (Å²) in [5.41, 5.74) is 0. The Morgan fingerprint density at radius 2 is 1.94 bits per heavy atom. The first kappa shape index (κ1) is 15.2. The number of hydrogen-bond donors (Lipinski definition) is 1. The van der Waals surface area contributed by atoms with E-state index in [0.717, 1.165) is 31.3 Å². The Bertz CT molecular complexity index is 330. The summed E-state index contributed by atoms with van der Waals surface area (Å²) in [6, 6.07) is 0. The molecular weight excluding hydrogens is 224 g/mol. The molecule has 4 heteroatoms. The summed E-state index contributed by atoms with van der Waals surface area (Å²) in [6.07, 6.45) is 3.94. The smallest absolute Gasteiger partial charge is 0.138 e. The van der Waals surface area contributed by atoms with Crippen LogP contribution in [0.5, 0.6) is 0 Å². The molecule has 0 spiro atoms. The number of aromatic nitrogens is 3. The fourth-order valence-corrected chi connectivity index (χ4v) is 2.40. The highest BCUT2D eigenvalue weighted by Crippen LogP contribution is 2.16. The summed E-state index contributed by atoms with van der Waals surface area (Å²) in [6.45, 7) is 11.0. The quantitative estimate of drug-likeness (QED) is 0.772. The predicted molar refractivity (Wildman–Crippen MR) is 75.4 cm³/mol. The van der Waals surface area contributed by atoms with E-state index < -0.39 is 0 Å². The lowest BCUT2D eigenvalue weighted by molar-refractivity contribution is 0.374. The Labute approximate surface area is 111 Å². The molecule has 0 bridgehead atoms. The lowest BCUT2D eigenvalue weighted by Gasteiger charge is -2.19. The zero-order valence-corrected chi connectivity index (χ0v) is 12.5. The molecular formula is C14H28N4. The summed E-state index contributed by atoms with van der Waals surface area (Å²) in [7, 11) is 2.02. The second kappa shape index (κ2) is 7.52. The average Bonchev–Trinajstić information content (AvgIpc) is 2.64. The standard InChI is InChI=1S/C14H28N4/c1-11(2)6-13(8-15-5)7-14-16-10-17-18(14)9-12(3)4/h10-13,15H,6-9H2,1-5H3. The van der Waals surface area contributed by atoms with E-state index in [2.05, 4.69) is 47.8 Å². The third-order valence-electron chi connectivity index (χ3n) is 3.00. The highest BCUT2D eigenvalue weighted by Gasteiger charge is 2.15. The van der Waals surface area contributed by atoms with Crippen LogP contribution in [0.15, 0.2) is 6.33 Å². The van der Waals surface area contributed by atoms with Gasteiger partial charge in [0.15, 0.2) is 0 Å². The molecule has 1 N–H and O–H groups in total. The fraction of sp³-hybridized carbons (Fsp3) is 0.857. The lowest BCUT2D eigenvalue weighted by Crippen LogP contribution is -2.24. The van der Waals surface area contributed by atoms with Crippen molar-refractivity contribution in [3.63, 3.8) is 0 Å². The van der Waals surface area contributed by atoms with E-state index in [-0.39, 0.29) is 0 Å². The van der Waals surface area contributed by atoms with Gasteiger partial charge in [0.1, 0.15) is 12.2 Å². The van der Waals surface area contributed by atoms with Crippen molar-refractivity contribution < 1.29 is 0 Å². The first-order valence-corrected chi connectivity index (χ1v) is 7.04. The molecule has 0 aliphatic rings. The van der Waals surface area contributed by atoms with E-state index >= 15 is 0 Å². The van der Waals surface area contributed by atoms with Crippen molar-refractivity contribution in [2.45, 2.75) is 47.1 Å². The third kappa shape index (κ3) is 5.17.